The normalized spacial score (nSPS) is 10.5. The molecule has 0 saturated carbocycles. The van der Waals surface area contributed by atoms with Crippen molar-refractivity contribution >= 4 is 11.7 Å². The Bertz CT molecular complexity index is 790. The van der Waals surface area contributed by atoms with Gasteiger partial charge in [0.2, 0.25) is 5.91 Å². The molecule has 21 heavy (non-hydrogen) atoms. The van der Waals surface area contributed by atoms with Gasteiger partial charge in [-0.05, 0) is 22.6 Å². The number of para-hydroxylation sites is 1. The molecule has 106 valence electrons. The monoisotopic (exact) mass is 286 g/mol. The number of hydrogen-bond donors (Lipinski definition) is 1. The molecule has 0 aliphatic heterocycles. The van der Waals surface area contributed by atoms with Crippen LogP contribution in [0.25, 0.3) is 5.69 Å². The molecule has 0 spiro atoms. The maximum atomic E-state index is 12.1. The lowest BCUT2D eigenvalue weighted by Crippen LogP contribution is -2.29. The topological polar surface area (TPSA) is 108 Å². The van der Waals surface area contributed by atoms with Crippen LogP contribution in [0.1, 0.15) is 0 Å². The number of aromatic nitrogens is 5. The summed E-state index contributed by atoms with van der Waals surface area (Å²) >= 11 is 0. The molecule has 2 heterocycles. The first-order valence-corrected chi connectivity index (χ1v) is 6.02. The average Bonchev–Trinajstić information content (AvgIpc) is 3.11. The summed E-state index contributed by atoms with van der Waals surface area (Å²) in [6.07, 6.45) is 1.33. The van der Waals surface area contributed by atoms with Crippen molar-refractivity contribution in [2.75, 3.05) is 5.32 Å². The van der Waals surface area contributed by atoms with Crippen LogP contribution >= 0.6 is 0 Å². The number of anilines is 1. The fourth-order valence-electron chi connectivity index (χ4n) is 1.70. The highest BCUT2D eigenvalue weighted by atomic mass is 16.5. The van der Waals surface area contributed by atoms with E-state index >= 15 is 0 Å². The molecule has 9 heteroatoms. The fraction of sp³-hybridized carbons (Fsp3) is 0.0833. The van der Waals surface area contributed by atoms with Gasteiger partial charge < -0.3 is 9.84 Å². The van der Waals surface area contributed by atoms with Gasteiger partial charge in [-0.15, -0.1) is 0 Å². The molecule has 1 N–H and O–H groups in total. The summed E-state index contributed by atoms with van der Waals surface area (Å²) < 4.78 is 6.66. The Morgan fingerprint density at radius 2 is 2.00 bits per heavy atom. The predicted molar refractivity (Wildman–Crippen MR) is 70.8 cm³/mol. The van der Waals surface area contributed by atoms with Gasteiger partial charge in [-0.3, -0.25) is 4.79 Å². The molecular formula is C12H10N6O3. The third-order valence-corrected chi connectivity index (χ3v) is 2.64. The first-order valence-electron chi connectivity index (χ1n) is 6.02. The van der Waals surface area contributed by atoms with E-state index in [9.17, 15) is 9.59 Å². The molecule has 0 radical (unpaired) electrons. The van der Waals surface area contributed by atoms with Crippen LogP contribution in [0.5, 0.6) is 0 Å². The average molecular weight is 286 g/mol. The van der Waals surface area contributed by atoms with E-state index in [-0.39, 0.29) is 12.4 Å². The Morgan fingerprint density at radius 3 is 2.71 bits per heavy atom. The quantitative estimate of drug-likeness (QED) is 0.726. The van der Waals surface area contributed by atoms with Gasteiger partial charge in [0.25, 0.3) is 0 Å². The predicted octanol–water partition coefficient (Wildman–Crippen LogP) is 0.0557. The standard InChI is InChI=1S/C12H10N6O3/c19-11(13-10-6-7-21-14-10)8-17-12(20)18(16-15-17)9-4-2-1-3-5-9/h1-7H,8H2,(H,13,14,19). The maximum absolute atomic E-state index is 12.1. The molecule has 0 aliphatic rings. The zero-order valence-electron chi connectivity index (χ0n) is 10.7. The number of hydrogen-bond acceptors (Lipinski definition) is 6. The van der Waals surface area contributed by atoms with Gasteiger partial charge >= 0.3 is 5.69 Å². The molecule has 3 rings (SSSR count). The maximum Gasteiger partial charge on any atom is 0.368 e. The van der Waals surface area contributed by atoms with Crippen LogP contribution in [0.4, 0.5) is 5.82 Å². The van der Waals surface area contributed by atoms with E-state index in [1.54, 1.807) is 24.3 Å². The Balaban J connectivity index is 1.77. The first kappa shape index (κ1) is 12.8. The second kappa shape index (κ2) is 5.41. The van der Waals surface area contributed by atoms with Crippen molar-refractivity contribution in [2.24, 2.45) is 0 Å². The Labute approximate surface area is 117 Å². The van der Waals surface area contributed by atoms with E-state index in [2.05, 4.69) is 25.4 Å². The molecule has 0 fully saturated rings. The zero-order chi connectivity index (χ0) is 14.7. The number of carbonyl (C=O) groups is 1. The molecule has 0 atom stereocenters. The number of carbonyl (C=O) groups excluding carboxylic acids is 1. The highest BCUT2D eigenvalue weighted by Crippen LogP contribution is 2.02. The molecule has 1 aromatic carbocycles. The van der Waals surface area contributed by atoms with Crippen LogP contribution in [0.3, 0.4) is 0 Å². The van der Waals surface area contributed by atoms with E-state index in [1.807, 2.05) is 6.07 Å². The summed E-state index contributed by atoms with van der Waals surface area (Å²) in [5, 5.41) is 13.4. The van der Waals surface area contributed by atoms with E-state index < -0.39 is 11.6 Å². The number of amides is 1. The minimum atomic E-state index is -0.503. The van der Waals surface area contributed by atoms with E-state index in [4.69, 9.17) is 0 Å². The van der Waals surface area contributed by atoms with Gasteiger partial charge in [0.15, 0.2) is 5.82 Å². The van der Waals surface area contributed by atoms with E-state index in [0.717, 1.165) is 9.36 Å². The lowest BCUT2D eigenvalue weighted by molar-refractivity contribution is -0.117. The molecule has 2 aromatic heterocycles. The number of nitrogens with zero attached hydrogens (tertiary/aromatic N) is 5. The molecule has 0 saturated heterocycles. The van der Waals surface area contributed by atoms with E-state index in [0.29, 0.717) is 5.69 Å². The summed E-state index contributed by atoms with van der Waals surface area (Å²) in [5.41, 5.74) is 0.0714. The second-order valence-corrected chi connectivity index (χ2v) is 4.10. The molecule has 9 nitrogen and oxygen atoms in total. The molecule has 1 amide bonds. The Hall–Kier alpha value is -3.23. The summed E-state index contributed by atoms with van der Waals surface area (Å²) in [6, 6.07) is 10.3. The van der Waals surface area contributed by atoms with Gasteiger partial charge in [0.05, 0.1) is 5.69 Å². The van der Waals surface area contributed by atoms with Gasteiger partial charge in [0, 0.05) is 6.07 Å². The number of benzene rings is 1. The van der Waals surface area contributed by atoms with Crippen LogP contribution in [0, 0.1) is 0 Å². The third-order valence-electron chi connectivity index (χ3n) is 2.64. The molecule has 0 bridgehead atoms. The van der Waals surface area contributed by atoms with Crippen molar-refractivity contribution in [3.8, 4) is 5.69 Å². The van der Waals surface area contributed by atoms with Crippen molar-refractivity contribution in [3.63, 3.8) is 0 Å². The van der Waals surface area contributed by atoms with Gasteiger partial charge in [-0.1, -0.05) is 23.4 Å². The van der Waals surface area contributed by atoms with Crippen LogP contribution in [0.15, 0.2) is 52.0 Å². The third kappa shape index (κ3) is 2.71. The Morgan fingerprint density at radius 1 is 1.19 bits per heavy atom. The van der Waals surface area contributed by atoms with E-state index in [1.165, 1.54) is 12.3 Å². The van der Waals surface area contributed by atoms with Crippen LogP contribution in [-0.4, -0.2) is 30.9 Å². The number of nitrogens with one attached hydrogen (secondary N) is 1. The summed E-state index contributed by atoms with van der Waals surface area (Å²) in [6.45, 7) is -0.265. The first-order chi connectivity index (χ1) is 10.2. The van der Waals surface area contributed by atoms with Crippen molar-refractivity contribution in [3.05, 3.63) is 53.1 Å². The lowest BCUT2D eigenvalue weighted by Gasteiger charge is -1.99. The zero-order valence-corrected chi connectivity index (χ0v) is 10.7. The minimum absolute atomic E-state index is 0.265. The molecular weight excluding hydrogens is 276 g/mol. The van der Waals surface area contributed by atoms with Crippen molar-refractivity contribution in [1.29, 1.82) is 0 Å². The van der Waals surface area contributed by atoms with Crippen molar-refractivity contribution in [1.82, 2.24) is 24.9 Å². The summed E-state index contributed by atoms with van der Waals surface area (Å²) in [7, 11) is 0. The van der Waals surface area contributed by atoms with Gasteiger partial charge in [-0.2, -0.15) is 9.36 Å². The van der Waals surface area contributed by atoms with Gasteiger partial charge in [0.1, 0.15) is 12.8 Å². The van der Waals surface area contributed by atoms with Crippen LogP contribution < -0.4 is 11.0 Å². The molecule has 0 unspecified atom stereocenters. The van der Waals surface area contributed by atoms with Crippen molar-refractivity contribution < 1.29 is 9.32 Å². The molecule has 3 aromatic rings. The highest BCUT2D eigenvalue weighted by Gasteiger charge is 2.12. The number of rotatable bonds is 4. The van der Waals surface area contributed by atoms with Gasteiger partial charge in [-0.25, -0.2) is 4.79 Å². The Kier molecular flexibility index (Phi) is 3.29. The van der Waals surface area contributed by atoms with Crippen molar-refractivity contribution in [2.45, 2.75) is 6.54 Å². The molecule has 0 aliphatic carbocycles. The summed E-state index contributed by atoms with van der Waals surface area (Å²) in [5.74, 6) is -0.186. The fourth-order valence-corrected chi connectivity index (χ4v) is 1.70. The highest BCUT2D eigenvalue weighted by molar-refractivity contribution is 5.89. The largest absolute Gasteiger partial charge is 0.368 e. The minimum Gasteiger partial charge on any atom is -0.363 e. The van der Waals surface area contributed by atoms with Crippen LogP contribution in [0.2, 0.25) is 0 Å². The second-order valence-electron chi connectivity index (χ2n) is 4.10. The SMILES string of the molecule is O=C(Cn1nnn(-c2ccccc2)c1=O)Nc1ccon1. The van der Waals surface area contributed by atoms with Crippen LogP contribution in [-0.2, 0) is 11.3 Å². The number of tetrazole rings is 1. The lowest BCUT2D eigenvalue weighted by atomic mass is 10.3. The summed E-state index contributed by atoms with van der Waals surface area (Å²) in [4.78, 5) is 23.8. The smallest absolute Gasteiger partial charge is 0.363 e.